The Morgan fingerprint density at radius 3 is 2.82 bits per heavy atom. The molecular weight excluding hydrogens is 465 g/mol. The van der Waals surface area contributed by atoms with Crippen LogP contribution in [0.2, 0.25) is 0 Å². The number of hydrogen-bond donors (Lipinski definition) is 2. The lowest BCUT2D eigenvalue weighted by atomic mass is 9.87. The van der Waals surface area contributed by atoms with Gasteiger partial charge in [0.05, 0.1) is 25.6 Å². The Balaban J connectivity index is 1.67. The van der Waals surface area contributed by atoms with Crippen molar-refractivity contribution in [1.29, 1.82) is 0 Å². The second kappa shape index (κ2) is 8.34. The molecule has 1 fully saturated rings. The molecule has 0 radical (unpaired) electrons. The van der Waals surface area contributed by atoms with Crippen LogP contribution >= 0.6 is 0 Å². The molecule has 2 aromatic rings. The summed E-state index contributed by atoms with van der Waals surface area (Å²) in [5, 5.41) is 1.47. The number of rotatable bonds is 5. The van der Waals surface area contributed by atoms with E-state index in [1.807, 2.05) is 0 Å². The second-order valence-electron chi connectivity index (χ2n) is 8.36. The molecule has 12 heteroatoms. The molecule has 34 heavy (non-hydrogen) atoms. The summed E-state index contributed by atoms with van der Waals surface area (Å²) in [4.78, 5) is 25.0. The number of hydrogen-bond acceptors (Lipinski definition) is 9. The smallest absolute Gasteiger partial charge is 0.275 e. The fourth-order valence-corrected chi connectivity index (χ4v) is 6.00. The second-order valence-corrected chi connectivity index (χ2v) is 11.0. The molecular formula is C22H22FN5O5S. The fourth-order valence-electron chi connectivity index (χ4n) is 3.92. The zero-order chi connectivity index (χ0) is 24.7. The molecule has 0 unspecified atom stereocenters. The average molecular weight is 488 g/mol. The number of sulfone groups is 1. The Hall–Kier alpha value is -3.56. The molecule has 0 spiro atoms. The third-order valence-electron chi connectivity index (χ3n) is 6.00. The topological polar surface area (TPSA) is 146 Å². The number of carbonyl (C=O) groups is 1. The summed E-state index contributed by atoms with van der Waals surface area (Å²) < 4.78 is 50.8. The zero-order valence-electron chi connectivity index (χ0n) is 18.4. The highest BCUT2D eigenvalue weighted by molar-refractivity contribution is 7.94. The highest BCUT2D eigenvalue weighted by Crippen LogP contribution is 2.47. The van der Waals surface area contributed by atoms with E-state index in [2.05, 4.69) is 26.2 Å². The summed E-state index contributed by atoms with van der Waals surface area (Å²) in [5.74, 6) is 0.989. The summed E-state index contributed by atoms with van der Waals surface area (Å²) in [7, 11) is -3.88. The van der Waals surface area contributed by atoms with E-state index in [0.29, 0.717) is 0 Å². The summed E-state index contributed by atoms with van der Waals surface area (Å²) in [6.45, 7) is 2.60. The van der Waals surface area contributed by atoms with Gasteiger partial charge in [-0.1, -0.05) is 5.92 Å². The monoisotopic (exact) mass is 487 g/mol. The van der Waals surface area contributed by atoms with E-state index in [4.69, 9.17) is 21.6 Å². The molecule has 3 heterocycles. The highest BCUT2D eigenvalue weighted by atomic mass is 32.2. The maximum absolute atomic E-state index is 15.0. The number of terminal acetylenes is 1. The minimum atomic E-state index is -3.88. The van der Waals surface area contributed by atoms with Crippen molar-refractivity contribution in [3.05, 3.63) is 47.7 Å². The van der Waals surface area contributed by atoms with E-state index in [-0.39, 0.29) is 48.5 Å². The number of amides is 1. The Bertz CT molecular complexity index is 1320. The van der Waals surface area contributed by atoms with E-state index in [1.54, 1.807) is 0 Å². The third kappa shape index (κ3) is 3.66. The molecule has 2 aliphatic rings. The molecule has 0 bridgehead atoms. The van der Waals surface area contributed by atoms with Crippen LogP contribution in [-0.2, 0) is 20.1 Å². The first kappa shape index (κ1) is 23.6. The normalized spacial score (nSPS) is 24.4. The van der Waals surface area contributed by atoms with Gasteiger partial charge in [-0.3, -0.25) is 9.79 Å². The number of ether oxygens (including phenoxy) is 2. The van der Waals surface area contributed by atoms with Crippen molar-refractivity contribution in [3.8, 4) is 18.2 Å². The molecule has 1 aromatic carbocycles. The van der Waals surface area contributed by atoms with Crippen molar-refractivity contribution in [2.75, 3.05) is 25.1 Å². The summed E-state index contributed by atoms with van der Waals surface area (Å²) in [6.07, 6.45) is 7.56. The van der Waals surface area contributed by atoms with E-state index in [0.717, 1.165) is 6.07 Å². The molecule has 1 amide bonds. The first-order chi connectivity index (χ1) is 16.0. The molecule has 178 valence electrons. The maximum Gasteiger partial charge on any atom is 0.275 e. The van der Waals surface area contributed by atoms with Gasteiger partial charge < -0.3 is 20.5 Å². The number of fused-ring (bicyclic) bond motifs is 1. The number of aromatic nitrogens is 2. The standard InChI is InChI=1S/C22H22FN5O5S/c1-4-7-33-18-10-25-16(9-26-18)19(29)27-13-5-6-15(23)14(8-13)22-12-32-11-17(22)34(30,31)21(2,3)20(24)28-22/h1,5-6,8-10,17H,7,11-12H2,2-3H3,(H2,24,28)(H,27,29)/t17-,22-/m1/s1. The number of nitrogens with one attached hydrogen (secondary N) is 1. The van der Waals surface area contributed by atoms with Gasteiger partial charge in [0.25, 0.3) is 5.91 Å². The summed E-state index contributed by atoms with van der Waals surface area (Å²) in [5.41, 5.74) is 4.60. The molecule has 2 aliphatic heterocycles. The van der Waals surface area contributed by atoms with Gasteiger partial charge in [0.15, 0.2) is 16.4 Å². The first-order valence-corrected chi connectivity index (χ1v) is 11.7. The molecule has 1 aromatic heterocycles. The lowest BCUT2D eigenvalue weighted by Gasteiger charge is -2.41. The molecule has 4 rings (SSSR count). The number of anilines is 1. The number of amidine groups is 1. The third-order valence-corrected chi connectivity index (χ3v) is 8.91. The van der Waals surface area contributed by atoms with E-state index < -0.39 is 37.1 Å². The predicted octanol–water partition coefficient (Wildman–Crippen LogP) is 1.04. The fraction of sp³-hybridized carbons (Fsp3) is 0.364. The van der Waals surface area contributed by atoms with Gasteiger partial charge in [0.1, 0.15) is 32.9 Å². The van der Waals surface area contributed by atoms with Gasteiger partial charge in [-0.05, 0) is 32.0 Å². The van der Waals surface area contributed by atoms with Gasteiger partial charge in [0.2, 0.25) is 5.88 Å². The minimum Gasteiger partial charge on any atom is -0.463 e. The van der Waals surface area contributed by atoms with Crippen LogP contribution in [0, 0.1) is 18.2 Å². The van der Waals surface area contributed by atoms with E-state index in [1.165, 1.54) is 38.4 Å². The lowest BCUT2D eigenvalue weighted by Crippen LogP contribution is -2.60. The number of carbonyl (C=O) groups excluding carboxylic acids is 1. The molecule has 2 atom stereocenters. The zero-order valence-corrected chi connectivity index (χ0v) is 19.2. The summed E-state index contributed by atoms with van der Waals surface area (Å²) >= 11 is 0. The lowest BCUT2D eigenvalue weighted by molar-refractivity contribution is 0.102. The van der Waals surface area contributed by atoms with Crippen LogP contribution in [0.3, 0.4) is 0 Å². The largest absolute Gasteiger partial charge is 0.463 e. The van der Waals surface area contributed by atoms with Crippen molar-refractivity contribution in [2.24, 2.45) is 10.7 Å². The Labute approximate surface area is 195 Å². The van der Waals surface area contributed by atoms with Crippen LogP contribution in [0.15, 0.2) is 35.6 Å². The molecule has 10 nitrogen and oxygen atoms in total. The summed E-state index contributed by atoms with van der Waals surface area (Å²) in [6, 6.07) is 3.79. The van der Waals surface area contributed by atoms with E-state index in [9.17, 15) is 13.2 Å². The van der Waals surface area contributed by atoms with Crippen molar-refractivity contribution in [2.45, 2.75) is 29.4 Å². The van der Waals surface area contributed by atoms with Gasteiger partial charge >= 0.3 is 0 Å². The number of aliphatic imine (C=N–C) groups is 1. The van der Waals surface area contributed by atoms with Crippen LogP contribution < -0.4 is 15.8 Å². The van der Waals surface area contributed by atoms with Gasteiger partial charge in [-0.25, -0.2) is 22.8 Å². The predicted molar refractivity (Wildman–Crippen MR) is 122 cm³/mol. The maximum atomic E-state index is 15.0. The van der Waals surface area contributed by atoms with Crippen molar-refractivity contribution >= 4 is 27.3 Å². The quantitative estimate of drug-likeness (QED) is 0.595. The number of halogens is 1. The van der Waals surface area contributed by atoms with Crippen LogP contribution in [0.25, 0.3) is 0 Å². The Kier molecular flexibility index (Phi) is 5.79. The highest BCUT2D eigenvalue weighted by Gasteiger charge is 2.62. The van der Waals surface area contributed by atoms with E-state index >= 15 is 4.39 Å². The van der Waals surface area contributed by atoms with Crippen LogP contribution in [-0.4, -0.2) is 59.9 Å². The van der Waals surface area contributed by atoms with Crippen LogP contribution in [0.1, 0.15) is 29.9 Å². The molecule has 3 N–H and O–H groups in total. The van der Waals surface area contributed by atoms with Crippen molar-refractivity contribution in [3.63, 3.8) is 0 Å². The Morgan fingerprint density at radius 2 is 2.15 bits per heavy atom. The van der Waals surface area contributed by atoms with Crippen molar-refractivity contribution < 1.29 is 27.1 Å². The van der Waals surface area contributed by atoms with Gasteiger partial charge in [-0.15, -0.1) is 6.42 Å². The average Bonchev–Trinajstić information content (AvgIpc) is 3.24. The van der Waals surface area contributed by atoms with Crippen LogP contribution in [0.5, 0.6) is 5.88 Å². The first-order valence-electron chi connectivity index (χ1n) is 10.2. The SMILES string of the molecule is C#CCOc1cnc(C(=O)Nc2ccc(F)c([C@]34COC[C@H]3S(=O)(=O)C(C)(C)C(N)=N4)c2)cn1. The van der Waals surface area contributed by atoms with Crippen LogP contribution in [0.4, 0.5) is 10.1 Å². The molecule has 0 aliphatic carbocycles. The number of benzene rings is 1. The minimum absolute atomic E-state index is 0.00490. The van der Waals surface area contributed by atoms with Gasteiger partial charge in [0, 0.05) is 11.3 Å². The Morgan fingerprint density at radius 1 is 1.38 bits per heavy atom. The molecule has 1 saturated heterocycles. The number of nitrogens with zero attached hydrogens (tertiary/aromatic N) is 3. The molecule has 0 saturated carbocycles. The number of nitrogens with two attached hydrogens (primary N) is 1. The van der Waals surface area contributed by atoms with Gasteiger partial charge in [-0.2, -0.15) is 0 Å². The van der Waals surface area contributed by atoms with Crippen molar-refractivity contribution in [1.82, 2.24) is 9.97 Å².